The summed E-state index contributed by atoms with van der Waals surface area (Å²) in [6.07, 6.45) is 5.01. The standard InChI is InChI=1S/C10H18O3/c1-6-7-10(3,11)8(2)9(12-4)13-5/h1,8-9,11H,7H2,2-5H3/t8-,10-/m0/s1. The van der Waals surface area contributed by atoms with Gasteiger partial charge in [-0.1, -0.05) is 6.92 Å². The van der Waals surface area contributed by atoms with Gasteiger partial charge in [-0.15, -0.1) is 12.3 Å². The largest absolute Gasteiger partial charge is 0.389 e. The van der Waals surface area contributed by atoms with E-state index >= 15 is 0 Å². The second kappa shape index (κ2) is 5.23. The number of aliphatic hydroxyl groups is 1. The minimum absolute atomic E-state index is 0.168. The van der Waals surface area contributed by atoms with E-state index in [-0.39, 0.29) is 12.3 Å². The molecule has 0 saturated heterocycles. The quantitative estimate of drug-likeness (QED) is 0.514. The first-order valence-corrected chi connectivity index (χ1v) is 4.21. The van der Waals surface area contributed by atoms with Crippen molar-refractivity contribution in [2.24, 2.45) is 5.92 Å². The first kappa shape index (κ1) is 12.4. The lowest BCUT2D eigenvalue weighted by atomic mass is 9.87. The molecule has 0 aliphatic heterocycles. The molecule has 0 fully saturated rings. The summed E-state index contributed by atoms with van der Waals surface area (Å²) in [4.78, 5) is 0. The lowest BCUT2D eigenvalue weighted by molar-refractivity contribution is -0.177. The van der Waals surface area contributed by atoms with Gasteiger partial charge in [0.15, 0.2) is 6.29 Å². The molecule has 3 nitrogen and oxygen atoms in total. The van der Waals surface area contributed by atoms with Crippen molar-refractivity contribution in [1.82, 2.24) is 0 Å². The van der Waals surface area contributed by atoms with Crippen LogP contribution in [0.3, 0.4) is 0 Å². The third-order valence-electron chi connectivity index (χ3n) is 2.31. The summed E-state index contributed by atoms with van der Waals surface area (Å²) in [5.41, 5.74) is -0.953. The normalized spacial score (nSPS) is 17.9. The van der Waals surface area contributed by atoms with Crippen molar-refractivity contribution in [3.8, 4) is 12.3 Å². The third-order valence-corrected chi connectivity index (χ3v) is 2.31. The molecule has 0 aromatic carbocycles. The number of terminal acetylenes is 1. The summed E-state index contributed by atoms with van der Waals surface area (Å²) >= 11 is 0. The van der Waals surface area contributed by atoms with Crippen molar-refractivity contribution >= 4 is 0 Å². The summed E-state index contributed by atoms with van der Waals surface area (Å²) < 4.78 is 10.1. The van der Waals surface area contributed by atoms with Gasteiger partial charge in [-0.3, -0.25) is 0 Å². The van der Waals surface area contributed by atoms with Gasteiger partial charge in [0.05, 0.1) is 5.60 Å². The Balaban J connectivity index is 4.37. The molecule has 76 valence electrons. The van der Waals surface area contributed by atoms with Gasteiger partial charge in [0.2, 0.25) is 0 Å². The highest BCUT2D eigenvalue weighted by molar-refractivity contribution is 4.96. The van der Waals surface area contributed by atoms with Crippen LogP contribution < -0.4 is 0 Å². The molecule has 3 heteroatoms. The van der Waals surface area contributed by atoms with Crippen LogP contribution in [0.1, 0.15) is 20.3 Å². The van der Waals surface area contributed by atoms with Crippen molar-refractivity contribution in [3.63, 3.8) is 0 Å². The van der Waals surface area contributed by atoms with Crippen LogP contribution in [-0.4, -0.2) is 31.2 Å². The molecule has 0 aliphatic rings. The molecule has 1 N–H and O–H groups in total. The average molecular weight is 186 g/mol. The van der Waals surface area contributed by atoms with Crippen LogP contribution in [0, 0.1) is 18.3 Å². The van der Waals surface area contributed by atoms with E-state index in [9.17, 15) is 5.11 Å². The van der Waals surface area contributed by atoms with Crippen LogP contribution in [0.25, 0.3) is 0 Å². The zero-order valence-corrected chi connectivity index (χ0v) is 8.70. The summed E-state index contributed by atoms with van der Waals surface area (Å²) in [5, 5.41) is 9.91. The zero-order chi connectivity index (χ0) is 10.5. The van der Waals surface area contributed by atoms with E-state index in [1.807, 2.05) is 6.92 Å². The maximum atomic E-state index is 9.91. The second-order valence-corrected chi connectivity index (χ2v) is 3.37. The highest BCUT2D eigenvalue weighted by atomic mass is 16.7. The molecule has 0 saturated carbocycles. The highest BCUT2D eigenvalue weighted by Gasteiger charge is 2.33. The van der Waals surface area contributed by atoms with Crippen LogP contribution in [0.2, 0.25) is 0 Å². The van der Waals surface area contributed by atoms with E-state index in [0.717, 1.165) is 0 Å². The topological polar surface area (TPSA) is 38.7 Å². The first-order valence-electron chi connectivity index (χ1n) is 4.21. The lowest BCUT2D eigenvalue weighted by Gasteiger charge is -2.32. The molecule has 13 heavy (non-hydrogen) atoms. The fraction of sp³-hybridized carbons (Fsp3) is 0.800. The van der Waals surface area contributed by atoms with E-state index in [1.165, 1.54) is 14.2 Å². The van der Waals surface area contributed by atoms with Gasteiger partial charge in [0.1, 0.15) is 0 Å². The third kappa shape index (κ3) is 3.35. The molecule has 0 amide bonds. The van der Waals surface area contributed by atoms with E-state index in [4.69, 9.17) is 15.9 Å². The zero-order valence-electron chi connectivity index (χ0n) is 8.70. The van der Waals surface area contributed by atoms with E-state index in [2.05, 4.69) is 5.92 Å². The van der Waals surface area contributed by atoms with Crippen molar-refractivity contribution < 1.29 is 14.6 Å². The Labute approximate surface area is 80.0 Å². The van der Waals surface area contributed by atoms with Gasteiger partial charge in [0, 0.05) is 26.6 Å². The van der Waals surface area contributed by atoms with E-state index < -0.39 is 11.9 Å². The number of hydrogen-bond donors (Lipinski definition) is 1. The monoisotopic (exact) mass is 186 g/mol. The fourth-order valence-electron chi connectivity index (χ4n) is 1.17. The van der Waals surface area contributed by atoms with Crippen molar-refractivity contribution in [1.29, 1.82) is 0 Å². The predicted molar refractivity (Wildman–Crippen MR) is 51.0 cm³/mol. The number of ether oxygens (including phenoxy) is 2. The molecule has 0 bridgehead atoms. The van der Waals surface area contributed by atoms with E-state index in [1.54, 1.807) is 6.92 Å². The smallest absolute Gasteiger partial charge is 0.162 e. The Morgan fingerprint density at radius 3 is 2.23 bits per heavy atom. The maximum absolute atomic E-state index is 9.91. The van der Waals surface area contributed by atoms with Gasteiger partial charge in [0.25, 0.3) is 0 Å². The Bertz CT molecular complexity index is 177. The van der Waals surface area contributed by atoms with Crippen LogP contribution in [0.15, 0.2) is 0 Å². The second-order valence-electron chi connectivity index (χ2n) is 3.37. The molecule has 0 spiro atoms. The summed E-state index contributed by atoms with van der Waals surface area (Å²) in [7, 11) is 3.08. The minimum Gasteiger partial charge on any atom is -0.389 e. The molecule has 0 aliphatic carbocycles. The Morgan fingerprint density at radius 2 is 1.92 bits per heavy atom. The molecule has 0 heterocycles. The molecule has 0 rings (SSSR count). The molecular formula is C10H18O3. The van der Waals surface area contributed by atoms with Gasteiger partial charge in [-0.2, -0.15) is 0 Å². The summed E-state index contributed by atoms with van der Waals surface area (Å²) in [6, 6.07) is 0. The fourth-order valence-corrected chi connectivity index (χ4v) is 1.17. The van der Waals surface area contributed by atoms with Crippen LogP contribution in [0.4, 0.5) is 0 Å². The van der Waals surface area contributed by atoms with Gasteiger partial charge < -0.3 is 14.6 Å². The molecular weight excluding hydrogens is 168 g/mol. The Hall–Kier alpha value is -0.560. The average Bonchev–Trinajstić information content (AvgIpc) is 2.06. The van der Waals surface area contributed by atoms with Crippen LogP contribution >= 0.6 is 0 Å². The minimum atomic E-state index is -0.953. The maximum Gasteiger partial charge on any atom is 0.162 e. The molecule has 0 radical (unpaired) electrons. The molecule has 2 atom stereocenters. The van der Waals surface area contributed by atoms with Gasteiger partial charge in [-0.25, -0.2) is 0 Å². The van der Waals surface area contributed by atoms with Crippen molar-refractivity contribution in [2.45, 2.75) is 32.2 Å². The lowest BCUT2D eigenvalue weighted by Crippen LogP contribution is -2.41. The van der Waals surface area contributed by atoms with Gasteiger partial charge >= 0.3 is 0 Å². The van der Waals surface area contributed by atoms with Crippen molar-refractivity contribution in [3.05, 3.63) is 0 Å². The van der Waals surface area contributed by atoms with E-state index in [0.29, 0.717) is 0 Å². The van der Waals surface area contributed by atoms with Crippen LogP contribution in [-0.2, 0) is 9.47 Å². The first-order chi connectivity index (χ1) is 5.99. The molecule has 0 unspecified atom stereocenters. The Morgan fingerprint density at radius 1 is 1.46 bits per heavy atom. The molecule has 0 aromatic heterocycles. The number of rotatable bonds is 5. The number of hydrogen-bond acceptors (Lipinski definition) is 3. The highest BCUT2D eigenvalue weighted by Crippen LogP contribution is 2.25. The summed E-state index contributed by atoms with van der Waals surface area (Å²) in [6.45, 7) is 3.53. The SMILES string of the molecule is C#CC[C@](C)(O)[C@@H](C)C(OC)OC. The Kier molecular flexibility index (Phi) is 5.01. The molecule has 0 aromatic rings. The number of methoxy groups -OCH3 is 2. The van der Waals surface area contributed by atoms with Crippen molar-refractivity contribution in [2.75, 3.05) is 14.2 Å². The summed E-state index contributed by atoms with van der Waals surface area (Å²) in [5.74, 6) is 2.26. The van der Waals surface area contributed by atoms with Crippen LogP contribution in [0.5, 0.6) is 0 Å². The predicted octanol–water partition coefficient (Wildman–Crippen LogP) is 1.02. The van der Waals surface area contributed by atoms with Gasteiger partial charge in [-0.05, 0) is 6.92 Å².